The summed E-state index contributed by atoms with van der Waals surface area (Å²) in [5.74, 6) is -0.413. The first-order valence-electron chi connectivity index (χ1n) is 5.69. The quantitative estimate of drug-likeness (QED) is 0.256. The molecule has 0 saturated heterocycles. The molecule has 3 heteroatoms. The molecule has 0 aliphatic heterocycles. The highest BCUT2D eigenvalue weighted by atomic mass is 16.7. The first-order chi connectivity index (χ1) is 7.24. The van der Waals surface area contributed by atoms with Gasteiger partial charge in [-0.15, -0.1) is 0 Å². The van der Waals surface area contributed by atoms with E-state index in [-0.39, 0.29) is 0 Å². The minimum Gasteiger partial charge on any atom is -0.433 e. The smallest absolute Gasteiger partial charge is 0.332 e. The van der Waals surface area contributed by atoms with Crippen molar-refractivity contribution in [3.05, 3.63) is 12.7 Å². The highest BCUT2D eigenvalue weighted by molar-refractivity contribution is 5.81. The lowest BCUT2D eigenvalue weighted by molar-refractivity contribution is -0.173. The van der Waals surface area contributed by atoms with Crippen LogP contribution in [0, 0.1) is 0 Å². The van der Waals surface area contributed by atoms with E-state index in [9.17, 15) is 4.79 Å². The second-order valence-corrected chi connectivity index (χ2v) is 3.38. The molecule has 0 aromatic rings. The van der Waals surface area contributed by atoms with Crippen LogP contribution < -0.4 is 0 Å². The van der Waals surface area contributed by atoms with Gasteiger partial charge < -0.3 is 9.47 Å². The molecule has 0 spiro atoms. The van der Waals surface area contributed by atoms with Gasteiger partial charge in [-0.25, -0.2) is 4.79 Å². The average Bonchev–Trinajstić information content (AvgIpc) is 2.24. The number of esters is 1. The fraction of sp³-hybridized carbons (Fsp3) is 0.750. The molecule has 0 fully saturated rings. The molecule has 0 rings (SSSR count). The van der Waals surface area contributed by atoms with Crippen molar-refractivity contribution in [3.63, 3.8) is 0 Å². The van der Waals surface area contributed by atoms with Crippen LogP contribution in [-0.4, -0.2) is 18.9 Å². The molecular formula is C12H22O3. The Balaban J connectivity index is 3.72. The van der Waals surface area contributed by atoms with Gasteiger partial charge in [0.05, 0.1) is 0 Å². The van der Waals surface area contributed by atoms with E-state index in [2.05, 4.69) is 13.5 Å². The molecule has 0 bridgehead atoms. The Morgan fingerprint density at radius 1 is 1.33 bits per heavy atom. The summed E-state index contributed by atoms with van der Waals surface area (Å²) in [5, 5.41) is 0. The molecule has 1 unspecified atom stereocenters. The topological polar surface area (TPSA) is 35.5 Å². The molecule has 0 aromatic carbocycles. The Bertz CT molecular complexity index is 178. The Hall–Kier alpha value is -0.830. The number of hydrogen-bond acceptors (Lipinski definition) is 3. The molecule has 0 aliphatic rings. The minimum atomic E-state index is -0.413. The van der Waals surface area contributed by atoms with E-state index in [1.165, 1.54) is 12.8 Å². The predicted octanol–water partition coefficient (Wildman–Crippen LogP) is 3.05. The Morgan fingerprint density at radius 3 is 2.60 bits per heavy atom. The normalized spacial score (nSPS) is 12.1. The van der Waals surface area contributed by atoms with Crippen LogP contribution in [0.4, 0.5) is 0 Å². The van der Waals surface area contributed by atoms with Crippen molar-refractivity contribution in [3.8, 4) is 0 Å². The van der Waals surface area contributed by atoms with E-state index < -0.39 is 12.3 Å². The van der Waals surface area contributed by atoms with Crippen molar-refractivity contribution in [2.45, 2.75) is 52.2 Å². The fourth-order valence-electron chi connectivity index (χ4n) is 1.28. The van der Waals surface area contributed by atoms with Crippen LogP contribution in [0.15, 0.2) is 12.7 Å². The lowest BCUT2D eigenvalue weighted by Crippen LogP contribution is -2.20. The molecule has 15 heavy (non-hydrogen) atoms. The summed E-state index contributed by atoms with van der Waals surface area (Å²) in [6, 6.07) is 0. The van der Waals surface area contributed by atoms with Crippen LogP contribution in [0.2, 0.25) is 0 Å². The van der Waals surface area contributed by atoms with E-state index in [1.54, 1.807) is 0 Å². The lowest BCUT2D eigenvalue weighted by atomic mass is 10.1. The number of carbonyl (C=O) groups is 1. The van der Waals surface area contributed by atoms with Crippen LogP contribution in [0.1, 0.15) is 46.0 Å². The summed E-state index contributed by atoms with van der Waals surface area (Å²) >= 11 is 0. The van der Waals surface area contributed by atoms with Crippen molar-refractivity contribution < 1.29 is 14.3 Å². The van der Waals surface area contributed by atoms with Crippen molar-refractivity contribution in [1.29, 1.82) is 0 Å². The van der Waals surface area contributed by atoms with Crippen LogP contribution in [0.3, 0.4) is 0 Å². The second-order valence-electron chi connectivity index (χ2n) is 3.38. The maximum Gasteiger partial charge on any atom is 0.332 e. The van der Waals surface area contributed by atoms with Gasteiger partial charge in [0, 0.05) is 19.1 Å². The average molecular weight is 214 g/mol. The summed E-state index contributed by atoms with van der Waals surface area (Å²) < 4.78 is 10.3. The van der Waals surface area contributed by atoms with Crippen molar-refractivity contribution >= 4 is 5.97 Å². The minimum absolute atomic E-state index is 0.405. The van der Waals surface area contributed by atoms with Gasteiger partial charge in [0.2, 0.25) is 6.29 Å². The molecule has 0 aromatic heterocycles. The number of rotatable bonds is 9. The summed E-state index contributed by atoms with van der Waals surface area (Å²) in [4.78, 5) is 11.0. The third-order valence-corrected chi connectivity index (χ3v) is 2.06. The Kier molecular flexibility index (Phi) is 9.18. The fourth-order valence-corrected chi connectivity index (χ4v) is 1.28. The maximum absolute atomic E-state index is 11.0. The highest BCUT2D eigenvalue weighted by Gasteiger charge is 2.11. The van der Waals surface area contributed by atoms with Crippen LogP contribution in [0.5, 0.6) is 0 Å². The second kappa shape index (κ2) is 9.71. The van der Waals surface area contributed by atoms with E-state index in [4.69, 9.17) is 9.47 Å². The highest BCUT2D eigenvalue weighted by Crippen LogP contribution is 2.09. The molecular weight excluding hydrogens is 192 g/mol. The first-order valence-corrected chi connectivity index (χ1v) is 5.69. The molecule has 88 valence electrons. The predicted molar refractivity (Wildman–Crippen MR) is 60.5 cm³/mol. The molecule has 0 heterocycles. The molecule has 1 atom stereocenters. The third-order valence-electron chi connectivity index (χ3n) is 2.06. The third kappa shape index (κ3) is 8.18. The Morgan fingerprint density at radius 2 is 2.07 bits per heavy atom. The van der Waals surface area contributed by atoms with Crippen molar-refractivity contribution in [2.24, 2.45) is 0 Å². The van der Waals surface area contributed by atoms with Gasteiger partial charge in [-0.3, -0.25) is 0 Å². The van der Waals surface area contributed by atoms with Gasteiger partial charge in [-0.1, -0.05) is 32.8 Å². The van der Waals surface area contributed by atoms with E-state index in [1.807, 2.05) is 6.92 Å². The zero-order valence-electron chi connectivity index (χ0n) is 9.83. The van der Waals surface area contributed by atoms with Crippen LogP contribution >= 0.6 is 0 Å². The molecule has 0 amide bonds. The Labute approximate surface area is 92.5 Å². The standard InChI is InChI=1S/C12H22O3/c1-4-7-8-9-10-12(14-6-3)15-11(13)5-2/h5,12H,2,4,6-10H2,1,3H3. The van der Waals surface area contributed by atoms with Crippen LogP contribution in [-0.2, 0) is 14.3 Å². The number of carbonyl (C=O) groups excluding carboxylic acids is 1. The first kappa shape index (κ1) is 14.2. The summed E-state index contributed by atoms with van der Waals surface area (Å²) in [7, 11) is 0. The summed E-state index contributed by atoms with van der Waals surface area (Å²) in [6.07, 6.45) is 6.14. The lowest BCUT2D eigenvalue weighted by Gasteiger charge is -2.16. The number of ether oxygens (including phenoxy) is 2. The molecule has 0 N–H and O–H groups in total. The maximum atomic E-state index is 11.0. The zero-order chi connectivity index (χ0) is 11.5. The van der Waals surface area contributed by atoms with Gasteiger partial charge in [0.1, 0.15) is 0 Å². The van der Waals surface area contributed by atoms with Crippen LogP contribution in [0.25, 0.3) is 0 Å². The monoisotopic (exact) mass is 214 g/mol. The van der Waals surface area contributed by atoms with E-state index in [0.29, 0.717) is 6.61 Å². The van der Waals surface area contributed by atoms with Crippen molar-refractivity contribution in [1.82, 2.24) is 0 Å². The van der Waals surface area contributed by atoms with Gasteiger partial charge >= 0.3 is 5.97 Å². The van der Waals surface area contributed by atoms with Gasteiger partial charge in [-0.2, -0.15) is 0 Å². The molecule has 3 nitrogen and oxygen atoms in total. The molecule has 0 saturated carbocycles. The zero-order valence-corrected chi connectivity index (χ0v) is 9.83. The summed E-state index contributed by atoms with van der Waals surface area (Å²) in [5.41, 5.74) is 0. The van der Waals surface area contributed by atoms with Gasteiger partial charge in [0.15, 0.2) is 0 Å². The SMILES string of the molecule is C=CC(=O)OC(CCCCCC)OCC. The van der Waals surface area contributed by atoms with E-state index in [0.717, 1.165) is 25.3 Å². The van der Waals surface area contributed by atoms with Crippen molar-refractivity contribution in [2.75, 3.05) is 6.61 Å². The van der Waals surface area contributed by atoms with Gasteiger partial charge in [0.25, 0.3) is 0 Å². The summed E-state index contributed by atoms with van der Waals surface area (Å²) in [6.45, 7) is 7.97. The number of unbranched alkanes of at least 4 members (excludes halogenated alkanes) is 3. The molecule has 0 radical (unpaired) electrons. The van der Waals surface area contributed by atoms with E-state index >= 15 is 0 Å². The number of hydrogen-bond donors (Lipinski definition) is 0. The molecule has 0 aliphatic carbocycles. The largest absolute Gasteiger partial charge is 0.433 e. The van der Waals surface area contributed by atoms with Gasteiger partial charge in [-0.05, 0) is 13.3 Å².